The Morgan fingerprint density at radius 2 is 2.19 bits per heavy atom. The van der Waals surface area contributed by atoms with Crippen molar-refractivity contribution < 1.29 is 14.6 Å². The molecule has 1 aromatic carbocycles. The maximum absolute atomic E-state index is 11.4. The molecule has 7 heteroatoms. The Hall–Kier alpha value is -2.44. The molecule has 1 aliphatic heterocycles. The van der Waals surface area contributed by atoms with E-state index >= 15 is 0 Å². The lowest BCUT2D eigenvalue weighted by molar-refractivity contribution is -0.146. The molecule has 0 aliphatic carbocycles. The molecular weight excluding hydrogens is 272 g/mol. The number of hydrogen-bond acceptors (Lipinski definition) is 5. The summed E-state index contributed by atoms with van der Waals surface area (Å²) in [5.41, 5.74) is -0.119. The van der Waals surface area contributed by atoms with E-state index in [0.717, 1.165) is 17.7 Å². The summed E-state index contributed by atoms with van der Waals surface area (Å²) in [5.74, 6) is 0.365. The molecule has 7 nitrogen and oxygen atoms in total. The standard InChI is InChI=1S/C14H16N4O3/c1-14(2,13(19)20)18-12(15-16-17-18)10-7-9-5-3-4-6-11(9)21-8-10/h3-6,10H,7-8H2,1-2H3,(H,19,20). The number of benzene rings is 1. The summed E-state index contributed by atoms with van der Waals surface area (Å²) >= 11 is 0. The SMILES string of the molecule is CC(C)(C(=O)O)n1nnnc1C1COc2ccccc2C1. The number of carboxylic acid groups (broad SMARTS) is 1. The molecule has 0 saturated heterocycles. The van der Waals surface area contributed by atoms with E-state index in [2.05, 4.69) is 15.5 Å². The fourth-order valence-corrected chi connectivity index (χ4v) is 2.43. The van der Waals surface area contributed by atoms with Crippen LogP contribution in [0, 0.1) is 0 Å². The number of aliphatic carboxylic acids is 1. The second-order valence-electron chi connectivity index (χ2n) is 5.63. The van der Waals surface area contributed by atoms with E-state index in [4.69, 9.17) is 4.74 Å². The number of fused-ring (bicyclic) bond motifs is 1. The lowest BCUT2D eigenvalue weighted by Crippen LogP contribution is -2.39. The minimum Gasteiger partial charge on any atom is -0.493 e. The molecule has 0 bridgehead atoms. The van der Waals surface area contributed by atoms with E-state index in [1.165, 1.54) is 4.68 Å². The number of carboxylic acids is 1. The third kappa shape index (κ3) is 2.24. The molecule has 0 spiro atoms. The summed E-state index contributed by atoms with van der Waals surface area (Å²) < 4.78 is 7.10. The highest BCUT2D eigenvalue weighted by Crippen LogP contribution is 2.32. The summed E-state index contributed by atoms with van der Waals surface area (Å²) in [5, 5.41) is 20.9. The predicted octanol–water partition coefficient (Wildman–Crippen LogP) is 1.21. The van der Waals surface area contributed by atoms with Gasteiger partial charge in [-0.1, -0.05) is 18.2 Å². The Morgan fingerprint density at radius 3 is 2.95 bits per heavy atom. The smallest absolute Gasteiger partial charge is 0.331 e. The van der Waals surface area contributed by atoms with Gasteiger partial charge in [0.2, 0.25) is 0 Å². The van der Waals surface area contributed by atoms with E-state index in [-0.39, 0.29) is 5.92 Å². The van der Waals surface area contributed by atoms with Gasteiger partial charge in [-0.3, -0.25) is 0 Å². The van der Waals surface area contributed by atoms with Crippen molar-refractivity contribution in [2.75, 3.05) is 6.61 Å². The lowest BCUT2D eigenvalue weighted by atomic mass is 9.95. The van der Waals surface area contributed by atoms with Crippen LogP contribution in [0.15, 0.2) is 24.3 Å². The van der Waals surface area contributed by atoms with Crippen molar-refractivity contribution in [2.24, 2.45) is 0 Å². The van der Waals surface area contributed by atoms with Gasteiger partial charge in [0.25, 0.3) is 0 Å². The van der Waals surface area contributed by atoms with Gasteiger partial charge in [0.1, 0.15) is 5.75 Å². The molecular formula is C14H16N4O3. The Bertz CT molecular complexity index is 680. The van der Waals surface area contributed by atoms with Crippen molar-refractivity contribution in [1.29, 1.82) is 0 Å². The first-order chi connectivity index (χ1) is 10.00. The van der Waals surface area contributed by atoms with Crippen molar-refractivity contribution in [1.82, 2.24) is 20.2 Å². The average Bonchev–Trinajstić information content (AvgIpc) is 2.96. The van der Waals surface area contributed by atoms with E-state index < -0.39 is 11.5 Å². The van der Waals surface area contributed by atoms with Crippen molar-refractivity contribution in [2.45, 2.75) is 31.7 Å². The Morgan fingerprint density at radius 1 is 1.43 bits per heavy atom. The van der Waals surface area contributed by atoms with E-state index in [1.807, 2.05) is 24.3 Å². The second-order valence-corrected chi connectivity index (χ2v) is 5.63. The molecule has 1 aromatic heterocycles. The number of tetrazole rings is 1. The molecule has 3 rings (SSSR count). The fourth-order valence-electron chi connectivity index (χ4n) is 2.43. The van der Waals surface area contributed by atoms with Crippen LogP contribution in [-0.4, -0.2) is 37.9 Å². The first-order valence-electron chi connectivity index (χ1n) is 6.73. The second kappa shape index (κ2) is 4.83. The Balaban J connectivity index is 1.94. The normalized spacial score (nSPS) is 17.9. The number of aromatic nitrogens is 4. The zero-order valence-corrected chi connectivity index (χ0v) is 11.9. The molecule has 0 fully saturated rings. The van der Waals surface area contributed by atoms with Crippen LogP contribution >= 0.6 is 0 Å². The van der Waals surface area contributed by atoms with Gasteiger partial charge in [-0.2, -0.15) is 0 Å². The maximum Gasteiger partial charge on any atom is 0.331 e. The fraction of sp³-hybridized carbons (Fsp3) is 0.429. The highest BCUT2D eigenvalue weighted by molar-refractivity contribution is 5.75. The van der Waals surface area contributed by atoms with Gasteiger partial charge in [-0.15, -0.1) is 5.10 Å². The zero-order chi connectivity index (χ0) is 15.0. The van der Waals surface area contributed by atoms with Crippen molar-refractivity contribution in [3.05, 3.63) is 35.7 Å². The van der Waals surface area contributed by atoms with Crippen LogP contribution in [0.1, 0.15) is 31.2 Å². The molecule has 1 aliphatic rings. The van der Waals surface area contributed by atoms with E-state index in [9.17, 15) is 9.90 Å². The summed E-state index contributed by atoms with van der Waals surface area (Å²) in [6, 6.07) is 7.80. The molecule has 0 amide bonds. The van der Waals surface area contributed by atoms with Gasteiger partial charge < -0.3 is 9.84 Å². The highest BCUT2D eigenvalue weighted by Gasteiger charge is 2.36. The van der Waals surface area contributed by atoms with Crippen molar-refractivity contribution in [3.8, 4) is 5.75 Å². The van der Waals surface area contributed by atoms with Crippen LogP contribution in [0.5, 0.6) is 5.75 Å². The number of para-hydroxylation sites is 1. The predicted molar refractivity (Wildman–Crippen MR) is 73.2 cm³/mol. The molecule has 2 aromatic rings. The number of hydrogen-bond donors (Lipinski definition) is 1. The van der Waals surface area contributed by atoms with Crippen LogP contribution in [0.25, 0.3) is 0 Å². The van der Waals surface area contributed by atoms with Crippen LogP contribution < -0.4 is 4.74 Å². The minimum atomic E-state index is -1.20. The number of nitrogens with zero attached hydrogens (tertiary/aromatic N) is 4. The lowest BCUT2D eigenvalue weighted by Gasteiger charge is -2.27. The summed E-state index contributed by atoms with van der Waals surface area (Å²) in [4.78, 5) is 11.4. The van der Waals surface area contributed by atoms with E-state index in [1.54, 1.807) is 13.8 Å². The molecule has 2 heterocycles. The van der Waals surface area contributed by atoms with Crippen molar-refractivity contribution >= 4 is 5.97 Å². The van der Waals surface area contributed by atoms with Crippen molar-refractivity contribution in [3.63, 3.8) is 0 Å². The number of ether oxygens (including phenoxy) is 1. The zero-order valence-electron chi connectivity index (χ0n) is 11.9. The molecule has 1 unspecified atom stereocenters. The van der Waals surface area contributed by atoms with Crippen LogP contribution in [0.4, 0.5) is 0 Å². The topological polar surface area (TPSA) is 90.1 Å². The van der Waals surface area contributed by atoms with Crippen LogP contribution in [0.3, 0.4) is 0 Å². The number of rotatable bonds is 3. The largest absolute Gasteiger partial charge is 0.493 e. The minimum absolute atomic E-state index is 0.0616. The van der Waals surface area contributed by atoms with Crippen LogP contribution in [0.2, 0.25) is 0 Å². The van der Waals surface area contributed by atoms with Gasteiger partial charge in [-0.05, 0) is 42.3 Å². The van der Waals surface area contributed by atoms with Gasteiger partial charge in [0.05, 0.1) is 12.5 Å². The molecule has 21 heavy (non-hydrogen) atoms. The first kappa shape index (κ1) is 13.5. The van der Waals surface area contributed by atoms with E-state index in [0.29, 0.717) is 12.4 Å². The maximum atomic E-state index is 11.4. The molecule has 0 saturated carbocycles. The third-order valence-corrected chi connectivity index (χ3v) is 3.79. The monoisotopic (exact) mass is 288 g/mol. The van der Waals surface area contributed by atoms with Gasteiger partial charge in [0, 0.05) is 0 Å². The average molecular weight is 288 g/mol. The number of carbonyl (C=O) groups is 1. The molecule has 1 atom stereocenters. The Labute approximate surface area is 121 Å². The van der Waals surface area contributed by atoms with Gasteiger partial charge in [-0.25, -0.2) is 9.48 Å². The van der Waals surface area contributed by atoms with Crippen LogP contribution in [-0.2, 0) is 16.8 Å². The first-order valence-corrected chi connectivity index (χ1v) is 6.73. The van der Waals surface area contributed by atoms with Gasteiger partial charge >= 0.3 is 5.97 Å². The Kier molecular flexibility index (Phi) is 3.12. The quantitative estimate of drug-likeness (QED) is 0.913. The van der Waals surface area contributed by atoms with Gasteiger partial charge in [0.15, 0.2) is 11.4 Å². The highest BCUT2D eigenvalue weighted by atomic mass is 16.5. The molecule has 110 valence electrons. The molecule has 0 radical (unpaired) electrons. The third-order valence-electron chi connectivity index (χ3n) is 3.79. The summed E-state index contributed by atoms with van der Waals surface area (Å²) in [6.45, 7) is 3.59. The summed E-state index contributed by atoms with van der Waals surface area (Å²) in [6.07, 6.45) is 0.728. The molecule has 1 N–H and O–H groups in total. The summed E-state index contributed by atoms with van der Waals surface area (Å²) in [7, 11) is 0.